The zero-order chi connectivity index (χ0) is 47.0. The van der Waals surface area contributed by atoms with Crippen LogP contribution in [0.2, 0.25) is 0 Å². The van der Waals surface area contributed by atoms with E-state index in [0.717, 1.165) is 18.4 Å². The van der Waals surface area contributed by atoms with Crippen LogP contribution in [0.1, 0.15) is 111 Å². The van der Waals surface area contributed by atoms with Gasteiger partial charge in [-0.2, -0.15) is 0 Å². The lowest BCUT2D eigenvalue weighted by Gasteiger charge is -2.50. The second kappa shape index (κ2) is 36.6. The molecule has 2 heterocycles. The molecule has 0 aliphatic carbocycles. The van der Waals surface area contributed by atoms with Gasteiger partial charge in [0.05, 0.1) is 38.1 Å². The molecule has 2 fully saturated rings. The van der Waals surface area contributed by atoms with Crippen molar-refractivity contribution in [2.24, 2.45) is 17.8 Å². The Morgan fingerprint density at radius 1 is 0.667 bits per heavy atom. The second-order valence-corrected chi connectivity index (χ2v) is 15.7. The normalized spacial score (nSPS) is 18.0. The van der Waals surface area contributed by atoms with E-state index >= 15 is 0 Å². The summed E-state index contributed by atoms with van der Waals surface area (Å²) in [5.41, 5.74) is 1.11. The largest absolute Gasteiger partial charge is 0.430 e. The maximum atomic E-state index is 6.74. The lowest BCUT2D eigenvalue weighted by Crippen LogP contribution is -2.60. The highest BCUT2D eigenvalue weighted by Crippen LogP contribution is 2.38. The standard InChI is InChI=1S/C60H61NO5/c1-6-8-10-12-14-16-18-20-21-22-23-24-25-26-27-28-29-30-32-34-36-38-43-47-62-51-61-56(49-65-60-54(5)53(4)59-57(66-60)50-64-59)58(63-48-55-45-41-39-42-46-55)52(3)44-40-37-35-33-31-19-17-15-13-11-9-7-2/h37,39-42,45-46,52-54,56-61H,7,9,11,13,15,17,19,31,33,35,44,48-51H2,1-5H3/t52-,53-,54?,56+,57?,58-,59-,60+/m1/s1. The number of nitrogens with one attached hydrogen (secondary N) is 1. The Kier molecular flexibility index (Phi) is 29.7. The lowest BCUT2D eigenvalue weighted by atomic mass is 9.82. The molecule has 0 amide bonds. The summed E-state index contributed by atoms with van der Waals surface area (Å²) < 4.78 is 31.1. The van der Waals surface area contributed by atoms with E-state index in [1.165, 1.54) is 57.8 Å². The third-order valence-electron chi connectivity index (χ3n) is 10.7. The first-order chi connectivity index (χ1) is 32.5. The average molecular weight is 876 g/mol. The molecule has 3 rings (SSSR count). The molecule has 1 aromatic rings. The van der Waals surface area contributed by atoms with Crippen molar-refractivity contribution < 1.29 is 23.7 Å². The Morgan fingerprint density at radius 2 is 1.20 bits per heavy atom. The number of hydrogen-bond acceptors (Lipinski definition) is 6. The first-order valence-corrected chi connectivity index (χ1v) is 23.0. The van der Waals surface area contributed by atoms with E-state index in [2.05, 4.69) is 200 Å². The second-order valence-electron chi connectivity index (χ2n) is 15.7. The number of benzene rings is 1. The smallest absolute Gasteiger partial charge is 0.161 e. The van der Waals surface area contributed by atoms with Crippen LogP contribution in [0.4, 0.5) is 0 Å². The van der Waals surface area contributed by atoms with Gasteiger partial charge in [-0.3, -0.25) is 5.32 Å². The highest BCUT2D eigenvalue weighted by molar-refractivity contribution is 5.47. The van der Waals surface area contributed by atoms with E-state index in [1.807, 2.05) is 18.2 Å². The van der Waals surface area contributed by atoms with Gasteiger partial charge in [0, 0.05) is 88.8 Å². The van der Waals surface area contributed by atoms with Gasteiger partial charge in [0.25, 0.3) is 0 Å². The number of hydrogen-bond donors (Lipinski definition) is 1. The Hall–Kier alpha value is -6.72. The minimum Gasteiger partial charge on any atom is -0.430 e. The summed E-state index contributed by atoms with van der Waals surface area (Å²) in [5.74, 6) is 60.0. The Morgan fingerprint density at radius 3 is 1.73 bits per heavy atom. The molecule has 6 nitrogen and oxygen atoms in total. The van der Waals surface area contributed by atoms with E-state index in [0.29, 0.717) is 25.7 Å². The van der Waals surface area contributed by atoms with E-state index in [-0.39, 0.29) is 49.2 Å². The number of allylic oxidation sites excluding steroid dienone is 2. The molecule has 1 aromatic carbocycles. The minimum atomic E-state index is -0.346. The van der Waals surface area contributed by atoms with Crippen molar-refractivity contribution in [1.29, 1.82) is 0 Å². The van der Waals surface area contributed by atoms with E-state index < -0.39 is 0 Å². The minimum absolute atomic E-state index is 0.0632. The molecule has 2 aliphatic heterocycles. The molecule has 0 saturated carbocycles. The molecular weight excluding hydrogens is 815 g/mol. The zero-order valence-electron chi connectivity index (χ0n) is 39.3. The van der Waals surface area contributed by atoms with Gasteiger partial charge in [-0.15, -0.1) is 0 Å². The molecule has 0 bridgehead atoms. The molecule has 0 spiro atoms. The SMILES string of the molecule is CC#CC#CC#CC#CC#CC#CC#CC#CC#CC#CC#CC#COCN[C@@H](CO[C@H]1OC2CO[C@@H]2[C@H](C)C1C)[C@H](OCc1ccccc1)[C@H](C)CC=CCCCCCCCCCCC. The summed E-state index contributed by atoms with van der Waals surface area (Å²) in [6, 6.07) is 10.0. The van der Waals surface area contributed by atoms with Gasteiger partial charge in [-0.05, 0) is 90.9 Å². The van der Waals surface area contributed by atoms with Crippen molar-refractivity contribution in [1.82, 2.24) is 5.32 Å². The lowest BCUT2D eigenvalue weighted by molar-refractivity contribution is -0.327. The molecule has 66 heavy (non-hydrogen) atoms. The molecule has 8 atom stereocenters. The Bertz CT molecular complexity index is 2470. The van der Waals surface area contributed by atoms with Crippen LogP contribution in [0, 0.1) is 160 Å². The predicted octanol–water partition coefficient (Wildman–Crippen LogP) is 8.44. The van der Waals surface area contributed by atoms with E-state index in [9.17, 15) is 0 Å². The van der Waals surface area contributed by atoms with E-state index in [1.54, 1.807) is 6.92 Å². The van der Waals surface area contributed by atoms with Gasteiger partial charge in [0.1, 0.15) is 12.2 Å². The van der Waals surface area contributed by atoms with Crippen LogP contribution >= 0.6 is 0 Å². The van der Waals surface area contributed by atoms with Crippen LogP contribution < -0.4 is 5.32 Å². The summed E-state index contributed by atoms with van der Waals surface area (Å²) in [6.07, 6.45) is 20.9. The highest BCUT2D eigenvalue weighted by atomic mass is 16.7. The van der Waals surface area contributed by atoms with Crippen molar-refractivity contribution in [2.75, 3.05) is 19.9 Å². The number of unbranched alkanes of at least 4 members (excludes halogenated alkanes) is 9. The van der Waals surface area contributed by atoms with Gasteiger partial charge >= 0.3 is 0 Å². The van der Waals surface area contributed by atoms with E-state index in [4.69, 9.17) is 23.7 Å². The third kappa shape index (κ3) is 24.4. The highest BCUT2D eigenvalue weighted by Gasteiger charge is 2.48. The summed E-state index contributed by atoms with van der Waals surface area (Å²) in [7, 11) is 0. The van der Waals surface area contributed by atoms with Crippen LogP contribution in [-0.4, -0.2) is 50.6 Å². The molecule has 2 aliphatic rings. The monoisotopic (exact) mass is 875 g/mol. The summed E-state index contributed by atoms with van der Waals surface area (Å²) >= 11 is 0. The van der Waals surface area contributed by atoms with Crippen LogP contribution in [-0.2, 0) is 30.3 Å². The first-order valence-electron chi connectivity index (χ1n) is 23.0. The zero-order valence-corrected chi connectivity index (χ0v) is 39.3. The van der Waals surface area contributed by atoms with Crippen molar-refractivity contribution in [2.45, 2.75) is 142 Å². The van der Waals surface area contributed by atoms with Gasteiger partial charge < -0.3 is 23.7 Å². The summed E-state index contributed by atoms with van der Waals surface area (Å²) in [5, 5.41) is 3.53. The van der Waals surface area contributed by atoms with Crippen molar-refractivity contribution in [3.05, 3.63) is 48.0 Å². The van der Waals surface area contributed by atoms with Crippen molar-refractivity contribution in [3.63, 3.8) is 0 Å². The molecule has 2 saturated heterocycles. The molecule has 2 unspecified atom stereocenters. The Labute approximate surface area is 398 Å². The van der Waals surface area contributed by atoms with Crippen molar-refractivity contribution >= 4 is 0 Å². The molecule has 336 valence electrons. The molecule has 6 heteroatoms. The fraction of sp³-hybridized carbons (Fsp3) is 0.467. The number of rotatable bonds is 23. The summed E-state index contributed by atoms with van der Waals surface area (Å²) in [4.78, 5) is 0. The molecular formula is C60H61NO5. The number of fused-ring (bicyclic) bond motifs is 1. The summed E-state index contributed by atoms with van der Waals surface area (Å²) in [6.45, 7) is 12.2. The van der Waals surface area contributed by atoms with Crippen LogP contribution in [0.3, 0.4) is 0 Å². The average Bonchev–Trinajstić information content (AvgIpc) is 3.32. The fourth-order valence-corrected chi connectivity index (χ4v) is 6.91. The van der Waals surface area contributed by atoms with Gasteiger partial charge in [-0.25, -0.2) is 0 Å². The van der Waals surface area contributed by atoms with Crippen LogP contribution in [0.5, 0.6) is 0 Å². The Balaban J connectivity index is 1.56. The molecule has 0 radical (unpaired) electrons. The van der Waals surface area contributed by atoms with Crippen LogP contribution in [0.15, 0.2) is 42.5 Å². The van der Waals surface area contributed by atoms with Gasteiger partial charge in [-0.1, -0.05) is 127 Å². The number of ether oxygens (including phenoxy) is 5. The first kappa shape index (κ1) is 53.6. The molecule has 0 aromatic heterocycles. The molecule has 1 N–H and O–H groups in total. The topological polar surface area (TPSA) is 58.2 Å². The van der Waals surface area contributed by atoms with Gasteiger partial charge in [0.15, 0.2) is 13.0 Å². The fourth-order valence-electron chi connectivity index (χ4n) is 6.91. The third-order valence-corrected chi connectivity index (χ3v) is 10.7. The van der Waals surface area contributed by atoms with Gasteiger partial charge in [0.2, 0.25) is 0 Å². The quantitative estimate of drug-likeness (QED) is 0.0516. The maximum Gasteiger partial charge on any atom is 0.161 e. The van der Waals surface area contributed by atoms with Crippen LogP contribution in [0.25, 0.3) is 0 Å². The van der Waals surface area contributed by atoms with Crippen molar-refractivity contribution in [3.8, 4) is 142 Å². The maximum absolute atomic E-state index is 6.74. The predicted molar refractivity (Wildman–Crippen MR) is 264 cm³/mol.